The predicted octanol–water partition coefficient (Wildman–Crippen LogP) is 1.65. The molecule has 27 heavy (non-hydrogen) atoms. The van der Waals surface area contributed by atoms with Gasteiger partial charge in [0.15, 0.2) is 5.82 Å². The third kappa shape index (κ3) is 2.46. The highest BCUT2D eigenvalue weighted by molar-refractivity contribution is 5.86. The molecule has 0 radical (unpaired) electrons. The second kappa shape index (κ2) is 5.76. The average Bonchev–Trinajstić information content (AvgIpc) is 3.40. The Kier molecular flexibility index (Phi) is 3.56. The van der Waals surface area contributed by atoms with Gasteiger partial charge in [0, 0.05) is 30.1 Å². The number of aromatic carboxylic acids is 1. The molecule has 5 rings (SSSR count). The summed E-state index contributed by atoms with van der Waals surface area (Å²) in [7, 11) is 0. The van der Waals surface area contributed by atoms with Crippen LogP contribution in [0.4, 0.5) is 10.1 Å². The fourth-order valence-corrected chi connectivity index (χ4v) is 4.76. The minimum absolute atomic E-state index is 0.00850. The molecule has 7 nitrogen and oxygen atoms in total. The first-order chi connectivity index (χ1) is 13.0. The van der Waals surface area contributed by atoms with Gasteiger partial charge in [-0.05, 0) is 38.5 Å². The number of aromatic nitrogens is 2. The zero-order valence-corrected chi connectivity index (χ0v) is 14.8. The van der Waals surface area contributed by atoms with Crippen LogP contribution < -0.4 is 16.2 Å². The summed E-state index contributed by atoms with van der Waals surface area (Å²) < 4.78 is 16.4. The molecule has 142 valence electrons. The number of hydrogen-bond donors (Lipinski definition) is 2. The molecule has 0 aromatic carbocycles. The molecular weight excluding hydrogens is 351 g/mol. The molecule has 8 heteroatoms. The number of anilines is 1. The smallest absolute Gasteiger partial charge is 0.360 e. The number of pyridine rings is 1. The van der Waals surface area contributed by atoms with Crippen molar-refractivity contribution in [3.63, 3.8) is 0 Å². The highest BCUT2D eigenvalue weighted by Gasteiger charge is 2.38. The number of nitrogens with two attached hydrogens (primary N) is 1. The largest absolute Gasteiger partial charge is 0.476 e. The van der Waals surface area contributed by atoms with Crippen LogP contribution in [0.5, 0.6) is 0 Å². The van der Waals surface area contributed by atoms with Gasteiger partial charge in [-0.25, -0.2) is 14.2 Å². The van der Waals surface area contributed by atoms with E-state index in [4.69, 9.17) is 5.73 Å². The summed E-state index contributed by atoms with van der Waals surface area (Å²) >= 11 is 0. The van der Waals surface area contributed by atoms with Crippen LogP contribution in [0.3, 0.4) is 0 Å². The Balaban J connectivity index is 1.85. The number of carbonyl (C=O) groups is 1. The molecule has 1 saturated heterocycles. The molecule has 2 aromatic heterocycles. The van der Waals surface area contributed by atoms with E-state index in [0.717, 1.165) is 43.9 Å². The summed E-state index contributed by atoms with van der Waals surface area (Å²) in [4.78, 5) is 30.5. The maximum Gasteiger partial charge on any atom is 0.360 e. The van der Waals surface area contributed by atoms with E-state index in [2.05, 4.69) is 9.88 Å². The quantitative estimate of drug-likeness (QED) is 0.831. The van der Waals surface area contributed by atoms with Crippen molar-refractivity contribution in [2.24, 2.45) is 5.73 Å². The van der Waals surface area contributed by atoms with E-state index in [1.54, 1.807) is 0 Å². The topological polar surface area (TPSA) is 101 Å². The minimum atomic E-state index is -1.38. The number of carboxylic acids is 1. The summed E-state index contributed by atoms with van der Waals surface area (Å²) in [6, 6.07) is 0.217. The molecule has 0 spiro atoms. The van der Waals surface area contributed by atoms with Gasteiger partial charge >= 0.3 is 5.97 Å². The number of hydrogen-bond acceptors (Lipinski definition) is 5. The summed E-state index contributed by atoms with van der Waals surface area (Å²) in [6.45, 7) is 0.592. The highest BCUT2D eigenvalue weighted by atomic mass is 19.1. The molecule has 2 aliphatic heterocycles. The second-order valence-electron chi connectivity index (χ2n) is 7.95. The van der Waals surface area contributed by atoms with Crippen molar-refractivity contribution in [2.45, 2.75) is 56.5 Å². The van der Waals surface area contributed by atoms with Gasteiger partial charge in [-0.15, -0.1) is 0 Å². The van der Waals surface area contributed by atoms with E-state index in [9.17, 15) is 14.7 Å². The third-order valence-corrected chi connectivity index (χ3v) is 6.04. The predicted molar refractivity (Wildman–Crippen MR) is 97.0 cm³/mol. The van der Waals surface area contributed by atoms with Crippen LogP contribution in [-0.2, 0) is 6.42 Å². The maximum absolute atomic E-state index is 15.2. The van der Waals surface area contributed by atoms with Crippen LogP contribution in [-0.4, -0.2) is 39.1 Å². The lowest BCUT2D eigenvalue weighted by molar-refractivity contribution is 0.0687. The monoisotopic (exact) mass is 372 g/mol. The van der Waals surface area contributed by atoms with E-state index in [1.165, 1.54) is 4.40 Å². The first-order valence-electron chi connectivity index (χ1n) is 9.49. The number of aryl methyl sites for hydroxylation is 1. The van der Waals surface area contributed by atoms with E-state index in [0.29, 0.717) is 29.9 Å². The van der Waals surface area contributed by atoms with E-state index in [-0.39, 0.29) is 18.0 Å². The van der Waals surface area contributed by atoms with E-state index >= 15 is 4.39 Å². The van der Waals surface area contributed by atoms with Crippen molar-refractivity contribution in [3.05, 3.63) is 39.3 Å². The van der Waals surface area contributed by atoms with Crippen molar-refractivity contribution in [3.8, 4) is 0 Å². The average molecular weight is 372 g/mol. The Bertz CT molecular complexity index is 1030. The minimum Gasteiger partial charge on any atom is -0.476 e. The zero-order chi connectivity index (χ0) is 18.9. The normalized spacial score (nSPS) is 24.6. The molecule has 3 aliphatic rings. The van der Waals surface area contributed by atoms with Crippen LogP contribution >= 0.6 is 0 Å². The van der Waals surface area contributed by atoms with Gasteiger partial charge in [0.05, 0.1) is 23.1 Å². The summed E-state index contributed by atoms with van der Waals surface area (Å²) in [5.41, 5.74) is 7.34. The number of halogens is 1. The SMILES string of the molecule is N[C@H]1CC2CCCc3c(c(F)cn4c(=O)c(C(=O)O)nc(C5CC5)c34)N2C1. The lowest BCUT2D eigenvalue weighted by Gasteiger charge is -2.27. The molecular formula is C19H21FN4O3. The van der Waals surface area contributed by atoms with Gasteiger partial charge in [0.2, 0.25) is 5.69 Å². The molecule has 2 aromatic rings. The Hall–Kier alpha value is -2.48. The number of fused-ring (bicyclic) bond motifs is 5. The molecule has 3 N–H and O–H groups in total. The summed E-state index contributed by atoms with van der Waals surface area (Å²) in [5.74, 6) is -1.74. The molecule has 4 heterocycles. The third-order valence-electron chi connectivity index (χ3n) is 6.04. The standard InChI is InChI=1S/C19H21FN4O3/c20-13-8-24-17(14(9-4-5-9)22-15(18(24)25)19(26)27)12-3-1-2-11-6-10(21)7-23(11)16(12)13/h8-11H,1-7,21H2,(H,26,27)/t10-,11?/m0/s1. The summed E-state index contributed by atoms with van der Waals surface area (Å²) in [5, 5.41) is 9.37. The van der Waals surface area contributed by atoms with E-state index < -0.39 is 23.0 Å². The molecule has 2 atom stereocenters. The van der Waals surface area contributed by atoms with E-state index in [1.807, 2.05) is 0 Å². The number of rotatable bonds is 2. The van der Waals surface area contributed by atoms with Gasteiger partial charge in [-0.1, -0.05) is 0 Å². The number of carboxylic acid groups (broad SMARTS) is 1. The van der Waals surface area contributed by atoms with Crippen LogP contribution in [0.2, 0.25) is 0 Å². The van der Waals surface area contributed by atoms with Gasteiger partial charge in [0.25, 0.3) is 5.56 Å². The molecule has 0 bridgehead atoms. The van der Waals surface area contributed by atoms with Crippen molar-refractivity contribution in [1.29, 1.82) is 0 Å². The Morgan fingerprint density at radius 2 is 2.11 bits per heavy atom. The lowest BCUT2D eigenvalue weighted by atomic mass is 10.0. The Morgan fingerprint density at radius 1 is 1.33 bits per heavy atom. The van der Waals surface area contributed by atoms with Gasteiger partial charge in [-0.3, -0.25) is 9.20 Å². The van der Waals surface area contributed by atoms with Crippen LogP contribution in [0.15, 0.2) is 11.0 Å². The van der Waals surface area contributed by atoms with Crippen LogP contribution in [0.1, 0.15) is 59.8 Å². The van der Waals surface area contributed by atoms with Crippen molar-refractivity contribution >= 4 is 17.2 Å². The fourth-order valence-electron chi connectivity index (χ4n) is 4.76. The van der Waals surface area contributed by atoms with Gasteiger partial charge < -0.3 is 15.7 Å². The Labute approximate surface area is 154 Å². The highest BCUT2D eigenvalue weighted by Crippen LogP contribution is 2.44. The van der Waals surface area contributed by atoms with Crippen LogP contribution in [0.25, 0.3) is 5.52 Å². The van der Waals surface area contributed by atoms with Crippen molar-refractivity contribution in [2.75, 3.05) is 11.4 Å². The molecule has 1 unspecified atom stereocenters. The molecule has 0 amide bonds. The lowest BCUT2D eigenvalue weighted by Crippen LogP contribution is -2.32. The van der Waals surface area contributed by atoms with Crippen LogP contribution in [0, 0.1) is 5.82 Å². The van der Waals surface area contributed by atoms with Crippen molar-refractivity contribution in [1.82, 2.24) is 9.38 Å². The molecule has 1 aliphatic carbocycles. The Morgan fingerprint density at radius 3 is 2.81 bits per heavy atom. The maximum atomic E-state index is 15.2. The first kappa shape index (κ1) is 16.7. The fraction of sp³-hybridized carbons (Fsp3) is 0.526. The first-order valence-corrected chi connectivity index (χ1v) is 9.49. The summed E-state index contributed by atoms with van der Waals surface area (Å²) in [6.07, 6.45) is 6.24. The number of nitrogens with zero attached hydrogens (tertiary/aromatic N) is 3. The second-order valence-corrected chi connectivity index (χ2v) is 7.95. The van der Waals surface area contributed by atoms with Crippen molar-refractivity contribution < 1.29 is 14.3 Å². The zero-order valence-electron chi connectivity index (χ0n) is 14.8. The van der Waals surface area contributed by atoms with Gasteiger partial charge in [-0.2, -0.15) is 0 Å². The molecule has 1 saturated carbocycles. The van der Waals surface area contributed by atoms with Gasteiger partial charge in [0.1, 0.15) is 0 Å². The molecule has 2 fully saturated rings.